The predicted octanol–water partition coefficient (Wildman–Crippen LogP) is 3.81. The van der Waals surface area contributed by atoms with E-state index in [-0.39, 0.29) is 6.04 Å². The topological polar surface area (TPSA) is 89.2 Å². The molecular weight excluding hydrogens is 364 g/mol. The van der Waals surface area contributed by atoms with Crippen LogP contribution in [0.25, 0.3) is 0 Å². The van der Waals surface area contributed by atoms with Gasteiger partial charge >= 0.3 is 6.09 Å². The summed E-state index contributed by atoms with van der Waals surface area (Å²) in [5, 5.41) is 22.1. The predicted molar refractivity (Wildman–Crippen MR) is 104 cm³/mol. The number of amides is 1. The Kier molecular flexibility index (Phi) is 6.23. The molecule has 27 heavy (non-hydrogen) atoms. The lowest BCUT2D eigenvalue weighted by Gasteiger charge is -2.38. The highest BCUT2D eigenvalue weighted by Gasteiger charge is 2.41. The van der Waals surface area contributed by atoms with Crippen LogP contribution >= 0.6 is 11.6 Å². The summed E-state index contributed by atoms with van der Waals surface area (Å²) in [7, 11) is 0. The number of hydrogen-bond donors (Lipinski definition) is 2. The molecule has 6 nitrogen and oxygen atoms in total. The van der Waals surface area contributed by atoms with E-state index in [0.29, 0.717) is 17.0 Å². The minimum absolute atomic E-state index is 0.0209. The maximum absolute atomic E-state index is 11.0. The van der Waals surface area contributed by atoms with Gasteiger partial charge in [0.25, 0.3) is 0 Å². The van der Waals surface area contributed by atoms with Gasteiger partial charge in [-0.05, 0) is 63.1 Å². The van der Waals surface area contributed by atoms with E-state index in [0.717, 1.165) is 57.3 Å². The summed E-state index contributed by atoms with van der Waals surface area (Å²) in [5.41, 5.74) is 0.306. The van der Waals surface area contributed by atoms with Gasteiger partial charge in [0.15, 0.2) is 0 Å². The zero-order valence-corrected chi connectivity index (χ0v) is 16.5. The first-order valence-corrected chi connectivity index (χ1v) is 10.1. The lowest BCUT2D eigenvalue weighted by Crippen LogP contribution is -2.43. The quantitative estimate of drug-likeness (QED) is 0.797. The Balaban J connectivity index is 1.60. The third kappa shape index (κ3) is 4.36. The third-order valence-corrected chi connectivity index (χ3v) is 6.55. The van der Waals surface area contributed by atoms with Crippen molar-refractivity contribution in [1.29, 1.82) is 5.26 Å². The van der Waals surface area contributed by atoms with E-state index >= 15 is 0 Å². The van der Waals surface area contributed by atoms with E-state index in [4.69, 9.17) is 16.7 Å². The fourth-order valence-corrected chi connectivity index (χ4v) is 4.84. The normalized spacial score (nSPS) is 29.8. The van der Waals surface area contributed by atoms with Gasteiger partial charge < -0.3 is 15.3 Å². The fourth-order valence-electron chi connectivity index (χ4n) is 4.73. The van der Waals surface area contributed by atoms with E-state index in [9.17, 15) is 10.1 Å². The van der Waals surface area contributed by atoms with Crippen LogP contribution in [0.2, 0.25) is 5.02 Å². The number of aromatic nitrogens is 1. The number of hydrogen-bond acceptors (Lipinski definition) is 4. The molecule has 0 aromatic carbocycles. The van der Waals surface area contributed by atoms with Gasteiger partial charge in [-0.2, -0.15) is 5.26 Å². The number of likely N-dealkylation sites (tertiary alicyclic amines) is 1. The summed E-state index contributed by atoms with van der Waals surface area (Å²) in [5.74, 6) is 0.367. The SMILES string of the molecule is CCC(NC(=O)O)[C@@H]1CCN(C2CCC(C#N)(c3ccc(Cl)cn3)CC2)C1. The van der Waals surface area contributed by atoms with Crippen LogP contribution in [0, 0.1) is 17.2 Å². The zero-order chi connectivity index (χ0) is 19.4. The molecule has 2 aliphatic rings. The molecule has 1 aromatic heterocycles. The molecule has 1 aliphatic carbocycles. The lowest BCUT2D eigenvalue weighted by atomic mass is 9.71. The average Bonchev–Trinajstić information content (AvgIpc) is 3.16. The Labute approximate surface area is 165 Å². The molecule has 0 radical (unpaired) electrons. The summed E-state index contributed by atoms with van der Waals surface area (Å²) < 4.78 is 0. The summed E-state index contributed by atoms with van der Waals surface area (Å²) in [4.78, 5) is 17.9. The molecule has 3 rings (SSSR count). The Morgan fingerprint density at radius 1 is 1.48 bits per heavy atom. The number of carbonyl (C=O) groups is 1. The smallest absolute Gasteiger partial charge is 0.404 e. The van der Waals surface area contributed by atoms with Gasteiger partial charge in [0.2, 0.25) is 0 Å². The van der Waals surface area contributed by atoms with Crippen molar-refractivity contribution in [3.63, 3.8) is 0 Å². The van der Waals surface area contributed by atoms with Crippen molar-refractivity contribution in [3.8, 4) is 6.07 Å². The highest BCUT2D eigenvalue weighted by Crippen LogP contribution is 2.41. The maximum atomic E-state index is 11.0. The van der Waals surface area contributed by atoms with E-state index in [2.05, 4.69) is 21.3 Å². The van der Waals surface area contributed by atoms with Crippen LogP contribution in [-0.2, 0) is 5.41 Å². The van der Waals surface area contributed by atoms with Gasteiger partial charge in [-0.1, -0.05) is 18.5 Å². The Hall–Kier alpha value is -1.84. The first-order chi connectivity index (χ1) is 13.0. The molecular formula is C20H27ClN4O2. The van der Waals surface area contributed by atoms with Crippen molar-refractivity contribution in [2.24, 2.45) is 5.92 Å². The van der Waals surface area contributed by atoms with Crippen LogP contribution in [0.1, 0.15) is 51.1 Å². The molecule has 146 valence electrons. The number of halogens is 1. The second kappa shape index (κ2) is 8.45. The van der Waals surface area contributed by atoms with Crippen molar-refractivity contribution >= 4 is 17.7 Å². The number of pyridine rings is 1. The fraction of sp³-hybridized carbons (Fsp3) is 0.650. The standard InChI is InChI=1S/C20H27ClN4O2/c1-2-17(24-19(26)27)14-7-10-25(12-14)16-5-8-20(13-22,9-6-16)18-4-3-15(21)11-23-18/h3-4,11,14,16-17,24H,2,5-10,12H2,1H3,(H,26,27)/t14-,16?,17?,20?/m1/s1. The highest BCUT2D eigenvalue weighted by atomic mass is 35.5. The molecule has 2 fully saturated rings. The Bertz CT molecular complexity index is 695. The second-order valence-corrected chi connectivity index (χ2v) is 8.23. The van der Waals surface area contributed by atoms with Crippen LogP contribution in [0.3, 0.4) is 0 Å². The van der Waals surface area contributed by atoms with E-state index in [1.165, 1.54) is 0 Å². The molecule has 2 N–H and O–H groups in total. The average molecular weight is 391 g/mol. The molecule has 0 bridgehead atoms. The lowest BCUT2D eigenvalue weighted by molar-refractivity contribution is 0.153. The largest absolute Gasteiger partial charge is 0.465 e. The first-order valence-electron chi connectivity index (χ1n) is 9.74. The maximum Gasteiger partial charge on any atom is 0.404 e. The molecule has 1 aliphatic heterocycles. The highest BCUT2D eigenvalue weighted by molar-refractivity contribution is 6.30. The van der Waals surface area contributed by atoms with Crippen molar-refractivity contribution in [3.05, 3.63) is 29.0 Å². The number of nitrogens with one attached hydrogen (secondary N) is 1. The molecule has 7 heteroatoms. The molecule has 1 aromatic rings. The molecule has 1 saturated carbocycles. The molecule has 2 atom stereocenters. The second-order valence-electron chi connectivity index (χ2n) is 7.79. The molecule has 0 spiro atoms. The van der Waals surface area contributed by atoms with Crippen LogP contribution < -0.4 is 5.32 Å². The minimum Gasteiger partial charge on any atom is -0.465 e. The molecule has 1 unspecified atom stereocenters. The van der Waals surface area contributed by atoms with Crippen LogP contribution in [0.5, 0.6) is 0 Å². The van der Waals surface area contributed by atoms with Crippen molar-refractivity contribution < 1.29 is 9.90 Å². The van der Waals surface area contributed by atoms with Crippen LogP contribution in [-0.4, -0.2) is 46.3 Å². The summed E-state index contributed by atoms with van der Waals surface area (Å²) >= 11 is 5.94. The Morgan fingerprint density at radius 3 is 2.78 bits per heavy atom. The minimum atomic E-state index is -0.938. The summed E-state index contributed by atoms with van der Waals surface area (Å²) in [6.07, 6.45) is 6.05. The van der Waals surface area contributed by atoms with Gasteiger partial charge in [0.1, 0.15) is 0 Å². The number of nitriles is 1. The van der Waals surface area contributed by atoms with Crippen LogP contribution in [0.15, 0.2) is 18.3 Å². The zero-order valence-electron chi connectivity index (χ0n) is 15.7. The molecule has 1 saturated heterocycles. The van der Waals surface area contributed by atoms with Crippen molar-refractivity contribution in [2.75, 3.05) is 13.1 Å². The monoisotopic (exact) mass is 390 g/mol. The van der Waals surface area contributed by atoms with Gasteiger partial charge in [-0.3, -0.25) is 4.98 Å². The van der Waals surface area contributed by atoms with Gasteiger partial charge in [0.05, 0.1) is 22.2 Å². The number of rotatable bonds is 5. The van der Waals surface area contributed by atoms with E-state index in [1.807, 2.05) is 13.0 Å². The number of carboxylic acid groups (broad SMARTS) is 1. The van der Waals surface area contributed by atoms with Gasteiger partial charge in [-0.25, -0.2) is 4.79 Å². The third-order valence-electron chi connectivity index (χ3n) is 6.33. The van der Waals surface area contributed by atoms with Crippen molar-refractivity contribution in [2.45, 2.75) is 62.9 Å². The van der Waals surface area contributed by atoms with Gasteiger partial charge in [0, 0.05) is 24.8 Å². The van der Waals surface area contributed by atoms with Crippen LogP contribution in [0.4, 0.5) is 4.79 Å². The molecule has 2 heterocycles. The van der Waals surface area contributed by atoms with E-state index < -0.39 is 11.5 Å². The number of nitrogens with zero attached hydrogens (tertiary/aromatic N) is 3. The van der Waals surface area contributed by atoms with Gasteiger partial charge in [-0.15, -0.1) is 0 Å². The summed E-state index contributed by atoms with van der Waals surface area (Å²) in [6.45, 7) is 3.97. The molecule has 1 amide bonds. The Morgan fingerprint density at radius 2 is 2.22 bits per heavy atom. The van der Waals surface area contributed by atoms with E-state index in [1.54, 1.807) is 12.3 Å². The van der Waals surface area contributed by atoms with Crippen molar-refractivity contribution in [1.82, 2.24) is 15.2 Å². The first kappa shape index (κ1) is 19.9. The summed E-state index contributed by atoms with van der Waals surface area (Å²) in [6, 6.07) is 6.69.